The molecular weight excluding hydrogens is 1000 g/mol. The maximum absolute atomic E-state index is 12.3. The largest absolute Gasteiger partial charge is 0.490 e. The van der Waals surface area contributed by atoms with Crippen molar-refractivity contribution >= 4 is 50.7 Å². The van der Waals surface area contributed by atoms with Gasteiger partial charge in [-0.05, 0) is 157 Å². The van der Waals surface area contributed by atoms with Gasteiger partial charge in [-0.25, -0.2) is 29.9 Å². The van der Waals surface area contributed by atoms with E-state index in [0.29, 0.717) is 30.8 Å². The lowest BCUT2D eigenvalue weighted by atomic mass is 9.75. The SMILES string of the molecule is CC1(C)OB(C2=CCOCC2)OC1(C)C.Cn1c(=O)cnc2cc(Br)cc(OC3CCC(Cc4ncccn4)CC3)c21.Cn1c(=O)cnc2cc(C3=CCOCC3)cc(OC3CCC(Cc4ncccn4)CC3)c21. The Morgan fingerprint density at radius 1 is 0.622 bits per heavy atom. The third-order valence-corrected chi connectivity index (χ3v) is 15.7. The van der Waals surface area contributed by atoms with E-state index < -0.39 is 0 Å². The molecule has 3 fully saturated rings. The first-order valence-corrected chi connectivity index (χ1v) is 26.9. The fourth-order valence-electron chi connectivity index (χ4n) is 10.2. The molecule has 0 unspecified atom stereocenters. The molecule has 2 aromatic carbocycles. The van der Waals surface area contributed by atoms with Gasteiger partial charge in [-0.15, -0.1) is 0 Å². The molecule has 0 atom stereocenters. The molecule has 0 N–H and O–H groups in total. The number of hydrogen-bond acceptors (Lipinski definition) is 14. The van der Waals surface area contributed by atoms with Crippen LogP contribution in [0, 0.1) is 11.8 Å². The molecule has 0 amide bonds. The number of aromatic nitrogens is 8. The second-order valence-corrected chi connectivity index (χ2v) is 21.8. The molecule has 7 heterocycles. The zero-order valence-corrected chi connectivity index (χ0v) is 45.1. The summed E-state index contributed by atoms with van der Waals surface area (Å²) in [5, 5.41) is 0. The molecule has 3 aliphatic heterocycles. The Kier molecular flexibility index (Phi) is 17.2. The number of hydrogen-bond donors (Lipinski definition) is 0. The minimum atomic E-state index is -0.239. The summed E-state index contributed by atoms with van der Waals surface area (Å²) >= 11 is 3.52. The summed E-state index contributed by atoms with van der Waals surface area (Å²) in [6, 6.07) is 11.6. The molecule has 2 saturated carbocycles. The zero-order chi connectivity index (χ0) is 51.8. The van der Waals surface area contributed by atoms with Gasteiger partial charge in [-0.1, -0.05) is 28.1 Å². The monoisotopic (exact) mass is 1070 g/mol. The lowest BCUT2D eigenvalue weighted by Gasteiger charge is -2.32. The first kappa shape index (κ1) is 53.2. The van der Waals surface area contributed by atoms with Crippen molar-refractivity contribution in [3.8, 4) is 11.5 Å². The van der Waals surface area contributed by atoms with Gasteiger partial charge in [-0.3, -0.25) is 9.59 Å². The molecule has 0 bridgehead atoms. The van der Waals surface area contributed by atoms with Gasteiger partial charge in [0.15, 0.2) is 0 Å². The van der Waals surface area contributed by atoms with Gasteiger partial charge in [0, 0.05) is 56.2 Å². The number of ether oxygens (including phenoxy) is 4. The van der Waals surface area contributed by atoms with Gasteiger partial charge in [0.25, 0.3) is 11.1 Å². The molecule has 2 aliphatic carbocycles. The van der Waals surface area contributed by atoms with Crippen LogP contribution in [-0.2, 0) is 45.7 Å². The van der Waals surface area contributed by atoms with Crippen LogP contribution in [-0.4, -0.2) is 96.0 Å². The summed E-state index contributed by atoms with van der Waals surface area (Å²) in [5.41, 5.74) is 5.83. The third kappa shape index (κ3) is 13.0. The van der Waals surface area contributed by atoms with E-state index in [2.05, 4.69) is 97.8 Å². The summed E-state index contributed by atoms with van der Waals surface area (Å²) in [4.78, 5) is 50.4. The summed E-state index contributed by atoms with van der Waals surface area (Å²) in [6.07, 6.45) is 26.3. The maximum Gasteiger partial charge on any atom is 0.490 e. The molecule has 1 saturated heterocycles. The van der Waals surface area contributed by atoms with Crippen LogP contribution in [0.3, 0.4) is 0 Å². The Balaban J connectivity index is 0.000000145. The van der Waals surface area contributed by atoms with Crippen molar-refractivity contribution < 1.29 is 28.3 Å². The topological polar surface area (TPSA) is 177 Å². The number of aryl methyl sites for hydroxylation is 2. The Morgan fingerprint density at radius 2 is 1.09 bits per heavy atom. The maximum atomic E-state index is 12.3. The van der Waals surface area contributed by atoms with Crippen molar-refractivity contribution in [2.24, 2.45) is 25.9 Å². The average Bonchev–Trinajstić information content (AvgIpc) is 3.64. The summed E-state index contributed by atoms with van der Waals surface area (Å²) in [7, 11) is 3.35. The van der Waals surface area contributed by atoms with Gasteiger partial charge in [0.1, 0.15) is 34.2 Å². The fourth-order valence-corrected chi connectivity index (χ4v) is 10.7. The van der Waals surface area contributed by atoms with Crippen LogP contribution in [0.15, 0.2) is 105 Å². The van der Waals surface area contributed by atoms with Gasteiger partial charge < -0.3 is 37.4 Å². The van der Waals surface area contributed by atoms with Crippen molar-refractivity contribution in [1.29, 1.82) is 0 Å². The second kappa shape index (κ2) is 23.9. The normalized spacial score (nSPS) is 22.4. The summed E-state index contributed by atoms with van der Waals surface area (Å²) in [5.74, 6) is 4.47. The molecule has 16 nitrogen and oxygen atoms in total. The fraction of sp³-hybridized carbons (Fsp3) is 0.500. The number of rotatable bonds is 10. The molecular formula is C56H68BBrN8O8. The van der Waals surface area contributed by atoms with Crippen LogP contribution in [0.25, 0.3) is 27.6 Å². The molecule has 74 heavy (non-hydrogen) atoms. The van der Waals surface area contributed by atoms with Gasteiger partial charge in [0.2, 0.25) is 0 Å². The van der Waals surface area contributed by atoms with Crippen LogP contribution >= 0.6 is 15.9 Å². The predicted octanol–water partition coefficient (Wildman–Crippen LogP) is 9.34. The summed E-state index contributed by atoms with van der Waals surface area (Å²) < 4.78 is 39.7. The lowest BCUT2D eigenvalue weighted by molar-refractivity contribution is 0.00578. The minimum absolute atomic E-state index is 0.125. The Hall–Kier alpha value is -5.66. The van der Waals surface area contributed by atoms with Gasteiger partial charge in [0.05, 0.1) is 73.3 Å². The van der Waals surface area contributed by atoms with Crippen LogP contribution in [0.5, 0.6) is 11.5 Å². The minimum Gasteiger partial charge on any atom is -0.488 e. The molecule has 4 aromatic heterocycles. The Bertz CT molecular complexity index is 3050. The van der Waals surface area contributed by atoms with Crippen molar-refractivity contribution in [2.45, 2.75) is 128 Å². The number of halogens is 1. The van der Waals surface area contributed by atoms with E-state index >= 15 is 0 Å². The molecule has 5 aliphatic rings. The highest BCUT2D eigenvalue weighted by atomic mass is 79.9. The van der Waals surface area contributed by atoms with Gasteiger partial charge in [-0.2, -0.15) is 0 Å². The van der Waals surface area contributed by atoms with Crippen LogP contribution in [0.2, 0.25) is 0 Å². The van der Waals surface area contributed by atoms with Gasteiger partial charge >= 0.3 is 7.12 Å². The van der Waals surface area contributed by atoms with E-state index in [9.17, 15) is 9.59 Å². The quantitative estimate of drug-likeness (QED) is 0.119. The smallest absolute Gasteiger partial charge is 0.488 e. The van der Waals surface area contributed by atoms with Crippen molar-refractivity contribution in [1.82, 2.24) is 39.0 Å². The van der Waals surface area contributed by atoms with Crippen LogP contribution in [0.4, 0.5) is 0 Å². The van der Waals surface area contributed by atoms with Crippen LogP contribution in [0.1, 0.15) is 109 Å². The first-order valence-electron chi connectivity index (χ1n) is 26.1. The van der Waals surface area contributed by atoms with E-state index in [-0.39, 0.29) is 41.6 Å². The number of fused-ring (bicyclic) bond motifs is 2. The van der Waals surface area contributed by atoms with E-state index in [1.165, 1.54) is 23.4 Å². The van der Waals surface area contributed by atoms with Crippen LogP contribution < -0.4 is 20.6 Å². The first-order chi connectivity index (χ1) is 35.7. The summed E-state index contributed by atoms with van der Waals surface area (Å²) in [6.45, 7) is 11.1. The van der Waals surface area contributed by atoms with E-state index in [1.54, 1.807) is 48.0 Å². The second-order valence-electron chi connectivity index (χ2n) is 20.9. The standard InChI is InChI=1S/C25H28N4O3.C20H21BrN4O2.C11H19BO3/c1-29-24(30)16-28-21-14-19(18-7-11-31-12-8-18)15-22(25(21)29)32-20-5-3-17(4-6-20)13-23-26-9-2-10-27-23;1-25-19(26)12-24-16-10-14(21)11-17(20(16)25)27-15-5-3-13(4-6-15)9-18-22-7-2-8-23-18;1-10(2)11(3,4)15-12(14-10)9-5-7-13-8-6-9/h2,7,9-10,14-17,20H,3-6,8,11-13H2,1H3;2,7-8,10-13,15H,3-6,9H2,1H3;5H,6-8H2,1-4H3. The molecule has 11 rings (SSSR count). The Labute approximate surface area is 441 Å². The molecule has 6 aromatic rings. The van der Waals surface area contributed by atoms with E-state index in [1.807, 2.05) is 24.3 Å². The third-order valence-electron chi connectivity index (χ3n) is 15.3. The van der Waals surface area contributed by atoms with Crippen molar-refractivity contribution in [3.05, 3.63) is 134 Å². The highest BCUT2D eigenvalue weighted by molar-refractivity contribution is 9.10. The predicted molar refractivity (Wildman–Crippen MR) is 289 cm³/mol. The highest BCUT2D eigenvalue weighted by Gasteiger charge is 2.52. The van der Waals surface area contributed by atoms with Crippen molar-refractivity contribution in [2.75, 3.05) is 26.4 Å². The Morgan fingerprint density at radius 3 is 1.57 bits per heavy atom. The van der Waals surface area contributed by atoms with Crippen molar-refractivity contribution in [3.63, 3.8) is 0 Å². The lowest BCUT2D eigenvalue weighted by Crippen LogP contribution is -2.41. The average molecular weight is 1070 g/mol. The number of nitrogens with zero attached hydrogens (tertiary/aromatic N) is 8. The van der Waals surface area contributed by atoms with E-state index in [0.717, 1.165) is 140 Å². The number of benzene rings is 2. The zero-order valence-electron chi connectivity index (χ0n) is 43.5. The highest BCUT2D eigenvalue weighted by Crippen LogP contribution is 2.40. The molecule has 18 heteroatoms. The molecule has 0 radical (unpaired) electrons. The van der Waals surface area contributed by atoms with E-state index in [4.69, 9.17) is 28.3 Å². The molecule has 0 spiro atoms. The molecule has 390 valence electrons.